The van der Waals surface area contributed by atoms with E-state index in [0.29, 0.717) is 7.92 Å². The van der Waals surface area contributed by atoms with Gasteiger partial charge in [-0.15, -0.1) is 7.92 Å². The Bertz CT molecular complexity index is 229. The van der Waals surface area contributed by atoms with E-state index in [4.69, 9.17) is 0 Å². The zero-order valence-electron chi connectivity index (χ0n) is 22.0. The van der Waals surface area contributed by atoms with Gasteiger partial charge in [-0.1, -0.05) is 117 Å². The van der Waals surface area contributed by atoms with E-state index in [2.05, 4.69) is 27.7 Å². The Hall–Kier alpha value is 1.23. The van der Waals surface area contributed by atoms with Crippen LogP contribution in [0.2, 0.25) is 4.44 Å². The van der Waals surface area contributed by atoms with E-state index in [-0.39, 0.29) is 0 Å². The van der Waals surface area contributed by atoms with Gasteiger partial charge in [-0.2, -0.15) is 0 Å². The first-order valence-electron chi connectivity index (χ1n) is 14.2. The maximum atomic E-state index is 2.32. The molecule has 0 rings (SSSR count). The molecule has 0 saturated heterocycles. The number of hydrogen-bond donors (Lipinski definition) is 0. The summed E-state index contributed by atoms with van der Waals surface area (Å²) in [6, 6.07) is 0. The summed E-state index contributed by atoms with van der Waals surface area (Å²) in [5.41, 5.74) is 0. The van der Waals surface area contributed by atoms with Crippen LogP contribution in [0.15, 0.2) is 0 Å². The van der Waals surface area contributed by atoms with Crippen molar-refractivity contribution in [2.24, 2.45) is 0 Å². The number of rotatable bonds is 23. The predicted molar refractivity (Wildman–Crippen MR) is 149 cm³/mol. The van der Waals surface area contributed by atoms with Crippen LogP contribution in [0.5, 0.6) is 0 Å². The van der Waals surface area contributed by atoms with Crippen LogP contribution >= 0.6 is 7.92 Å². The molecule has 0 bridgehead atoms. The zero-order valence-corrected chi connectivity index (χ0v) is 26.2. The minimum atomic E-state index is 0.366. The monoisotopic (exact) mass is 548 g/mol. The fourth-order valence-corrected chi connectivity index (χ4v) is 7.74. The maximum absolute atomic E-state index is 2.32. The van der Waals surface area contributed by atoms with Crippen molar-refractivity contribution in [3.63, 3.8) is 0 Å². The quantitative estimate of drug-likeness (QED) is 0.0678. The molecule has 2 heteroatoms. The second-order valence-electron chi connectivity index (χ2n) is 9.29. The molecule has 30 heavy (non-hydrogen) atoms. The van der Waals surface area contributed by atoms with E-state index >= 15 is 0 Å². The third-order valence-corrected chi connectivity index (χ3v) is 10.1. The summed E-state index contributed by atoms with van der Waals surface area (Å²) in [4.78, 5) is 0. The molecule has 0 nitrogen and oxygen atoms in total. The molecule has 0 aromatic carbocycles. The van der Waals surface area contributed by atoms with Crippen LogP contribution in [-0.2, 0) is 0 Å². The van der Waals surface area contributed by atoms with Gasteiger partial charge in [0.25, 0.3) is 0 Å². The molecule has 0 unspecified atom stereocenters. The van der Waals surface area contributed by atoms with E-state index < -0.39 is 0 Å². The third-order valence-electron chi connectivity index (χ3n) is 6.04. The van der Waals surface area contributed by atoms with Crippen molar-refractivity contribution in [2.45, 2.75) is 161 Å². The van der Waals surface area contributed by atoms with Gasteiger partial charge in [0.05, 0.1) is 0 Å². The van der Waals surface area contributed by atoms with Gasteiger partial charge >= 0.3 is 46.7 Å². The van der Waals surface area contributed by atoms with Gasteiger partial charge in [-0.25, -0.2) is 0 Å². The molecule has 0 N–H and O–H groups in total. The van der Waals surface area contributed by atoms with Crippen LogP contribution in [0.3, 0.4) is 0 Å². The van der Waals surface area contributed by atoms with Crippen LogP contribution in [-0.4, -0.2) is 41.0 Å². The standard InChI is InChI=1S/C24H51P.C4H9.Sn.H/c1-4-7-10-13-16-19-22-25(23-20-17-14-11-8-5-2)24-21-18-15-12-9-6-3;1-3-4-2;;/h4-24H2,1-3H3;1,3-4H2,2H3;;. The molecule has 0 heterocycles. The van der Waals surface area contributed by atoms with Crippen molar-refractivity contribution in [3.05, 3.63) is 0 Å². The molecule has 0 aromatic heterocycles. The fraction of sp³-hybridized carbons (Fsp3) is 1.00. The van der Waals surface area contributed by atoms with Crippen molar-refractivity contribution in [1.29, 1.82) is 0 Å². The first-order chi connectivity index (χ1) is 14.8. The van der Waals surface area contributed by atoms with E-state index in [1.54, 1.807) is 18.5 Å². The topological polar surface area (TPSA) is 0 Å². The van der Waals surface area contributed by atoms with Gasteiger partial charge < -0.3 is 0 Å². The Labute approximate surface area is 208 Å². The van der Waals surface area contributed by atoms with Crippen LogP contribution in [0.1, 0.15) is 156 Å². The molecule has 0 aliphatic heterocycles. The summed E-state index contributed by atoms with van der Waals surface area (Å²) in [6.45, 7) is 9.19. The fourth-order valence-electron chi connectivity index (χ4n) is 3.89. The molecular formula is C28H61PSn. The summed E-state index contributed by atoms with van der Waals surface area (Å²) < 4.78 is 1.47. The van der Waals surface area contributed by atoms with Gasteiger partial charge in [-0.05, 0) is 37.7 Å². The second-order valence-corrected chi connectivity index (χ2v) is 13.6. The summed E-state index contributed by atoms with van der Waals surface area (Å²) in [7, 11) is 0.366. The SMILES string of the molecule is CCCCCCCCP(CCCCCCCC)CCCCCCCC.CCC[CH2][SnH]. The Balaban J connectivity index is 0. The molecule has 0 fully saturated rings. The van der Waals surface area contributed by atoms with Crippen LogP contribution in [0.4, 0.5) is 0 Å². The van der Waals surface area contributed by atoms with Gasteiger partial charge in [0.15, 0.2) is 0 Å². The first kappa shape index (κ1) is 33.4. The summed E-state index contributed by atoms with van der Waals surface area (Å²) in [6.07, 6.45) is 34.1. The van der Waals surface area contributed by atoms with E-state index in [1.165, 1.54) is 155 Å². The Morgan fingerprint density at radius 2 is 0.633 bits per heavy atom. The van der Waals surface area contributed by atoms with Gasteiger partial charge in [0, 0.05) is 0 Å². The molecule has 0 atom stereocenters. The third kappa shape index (κ3) is 31.4. The van der Waals surface area contributed by atoms with Crippen LogP contribution in [0, 0.1) is 0 Å². The second kappa shape index (κ2) is 32.4. The zero-order chi connectivity index (χ0) is 22.5. The van der Waals surface area contributed by atoms with E-state index in [0.717, 1.165) is 0 Å². The normalized spacial score (nSPS) is 11.0. The molecule has 0 aliphatic carbocycles. The number of unbranched alkanes of at least 4 members (excludes halogenated alkanes) is 16. The van der Waals surface area contributed by atoms with Crippen molar-refractivity contribution in [1.82, 2.24) is 0 Å². The summed E-state index contributed by atoms with van der Waals surface area (Å²) in [5.74, 6) is 0. The molecule has 0 aromatic rings. The van der Waals surface area contributed by atoms with Crippen LogP contribution < -0.4 is 0 Å². The first-order valence-corrected chi connectivity index (χ1v) is 18.4. The Kier molecular flexibility index (Phi) is 36.1. The molecule has 182 valence electrons. The van der Waals surface area contributed by atoms with Gasteiger partial charge in [0.1, 0.15) is 0 Å². The van der Waals surface area contributed by atoms with E-state index in [1.807, 2.05) is 0 Å². The van der Waals surface area contributed by atoms with Crippen molar-refractivity contribution < 1.29 is 0 Å². The van der Waals surface area contributed by atoms with Crippen molar-refractivity contribution >= 4 is 30.4 Å². The Morgan fingerprint density at radius 1 is 0.367 bits per heavy atom. The molecule has 0 amide bonds. The molecule has 0 aliphatic rings. The average molecular weight is 547 g/mol. The average Bonchev–Trinajstić information content (AvgIpc) is 2.76. The predicted octanol–water partition coefficient (Wildman–Crippen LogP) is 10.7. The molecule has 0 spiro atoms. The molecule has 0 saturated carbocycles. The summed E-state index contributed by atoms with van der Waals surface area (Å²) >= 11 is 1.45. The van der Waals surface area contributed by atoms with Gasteiger partial charge in [-0.3, -0.25) is 0 Å². The number of hydrogen-bond acceptors (Lipinski definition) is 0. The van der Waals surface area contributed by atoms with Crippen molar-refractivity contribution in [3.8, 4) is 0 Å². The van der Waals surface area contributed by atoms with Gasteiger partial charge in [0.2, 0.25) is 0 Å². The molecule has 2 radical (unpaired) electrons. The summed E-state index contributed by atoms with van der Waals surface area (Å²) in [5, 5.41) is 0. The van der Waals surface area contributed by atoms with E-state index in [9.17, 15) is 0 Å². The molecular weight excluding hydrogens is 486 g/mol. The minimum absolute atomic E-state index is 0.366. The van der Waals surface area contributed by atoms with Crippen LogP contribution in [0.25, 0.3) is 0 Å². The Morgan fingerprint density at radius 3 is 0.867 bits per heavy atom. The van der Waals surface area contributed by atoms with Crippen molar-refractivity contribution in [2.75, 3.05) is 18.5 Å².